The van der Waals surface area contributed by atoms with Crippen LogP contribution in [0.15, 0.2) is 36.4 Å². The first kappa shape index (κ1) is 18.7. The van der Waals surface area contributed by atoms with Crippen LogP contribution in [0.5, 0.6) is 11.5 Å². The van der Waals surface area contributed by atoms with Crippen LogP contribution >= 0.6 is 11.6 Å². The minimum atomic E-state index is -0.116. The van der Waals surface area contributed by atoms with Gasteiger partial charge < -0.3 is 24.6 Å². The second kappa shape index (κ2) is 7.80. The third-order valence-corrected chi connectivity index (χ3v) is 5.55. The van der Waals surface area contributed by atoms with Gasteiger partial charge in [0.1, 0.15) is 0 Å². The lowest BCUT2D eigenvalue weighted by atomic mass is 10.1. The molecule has 2 aromatic rings. The Morgan fingerprint density at radius 2 is 1.82 bits per heavy atom. The van der Waals surface area contributed by atoms with E-state index in [1.165, 1.54) is 5.56 Å². The van der Waals surface area contributed by atoms with Crippen molar-refractivity contribution in [1.29, 1.82) is 0 Å². The number of anilines is 1. The summed E-state index contributed by atoms with van der Waals surface area (Å²) in [6.07, 6.45) is 0. The van der Waals surface area contributed by atoms with Crippen molar-refractivity contribution in [1.82, 2.24) is 10.2 Å². The van der Waals surface area contributed by atoms with Crippen molar-refractivity contribution in [3.8, 4) is 11.5 Å². The standard InChI is InChI=1S/C21H24ClN3O3/c1-14-3-5-17(22)12-18(14)24-7-9-25(10-8-24)21(26)23-15(2)16-4-6-19-20(11-16)28-13-27-19/h3-6,11-12,15H,7-10,13H2,1-2H3,(H,23,26). The van der Waals surface area contributed by atoms with Gasteiger partial charge in [-0.2, -0.15) is 0 Å². The van der Waals surface area contributed by atoms with Crippen LogP contribution in [0, 0.1) is 6.92 Å². The van der Waals surface area contributed by atoms with E-state index < -0.39 is 0 Å². The van der Waals surface area contributed by atoms with E-state index in [9.17, 15) is 4.79 Å². The first-order valence-electron chi connectivity index (χ1n) is 9.47. The van der Waals surface area contributed by atoms with Crippen LogP contribution in [-0.2, 0) is 0 Å². The first-order chi connectivity index (χ1) is 13.5. The third-order valence-electron chi connectivity index (χ3n) is 5.32. The average Bonchev–Trinajstić information content (AvgIpc) is 3.17. The Bertz CT molecular complexity index is 881. The highest BCUT2D eigenvalue weighted by Crippen LogP contribution is 2.34. The van der Waals surface area contributed by atoms with Crippen molar-refractivity contribution in [2.45, 2.75) is 19.9 Å². The SMILES string of the molecule is Cc1ccc(Cl)cc1N1CCN(C(=O)NC(C)c2ccc3c(c2)OCO3)CC1. The summed E-state index contributed by atoms with van der Waals surface area (Å²) in [4.78, 5) is 16.8. The zero-order chi connectivity index (χ0) is 19.7. The van der Waals surface area contributed by atoms with Gasteiger partial charge in [-0.15, -0.1) is 0 Å². The molecule has 7 heteroatoms. The molecule has 0 aromatic heterocycles. The molecular formula is C21H24ClN3O3. The van der Waals surface area contributed by atoms with Crippen LogP contribution in [0.3, 0.4) is 0 Å². The number of carbonyl (C=O) groups is 1. The maximum absolute atomic E-state index is 12.7. The van der Waals surface area contributed by atoms with Crippen molar-refractivity contribution < 1.29 is 14.3 Å². The molecule has 0 saturated carbocycles. The van der Waals surface area contributed by atoms with Gasteiger partial charge in [0, 0.05) is 36.9 Å². The summed E-state index contributed by atoms with van der Waals surface area (Å²) in [5.41, 5.74) is 3.32. The molecule has 0 spiro atoms. The number of hydrogen-bond donors (Lipinski definition) is 1. The number of benzene rings is 2. The number of carbonyl (C=O) groups excluding carboxylic acids is 1. The maximum Gasteiger partial charge on any atom is 0.317 e. The number of nitrogens with zero attached hydrogens (tertiary/aromatic N) is 2. The zero-order valence-electron chi connectivity index (χ0n) is 16.1. The highest BCUT2D eigenvalue weighted by Gasteiger charge is 2.24. The smallest absolute Gasteiger partial charge is 0.317 e. The fourth-order valence-electron chi connectivity index (χ4n) is 3.62. The summed E-state index contributed by atoms with van der Waals surface area (Å²) in [6, 6.07) is 11.5. The number of urea groups is 1. The number of amides is 2. The van der Waals surface area contributed by atoms with Crippen LogP contribution in [0.1, 0.15) is 24.1 Å². The van der Waals surface area contributed by atoms with Gasteiger partial charge >= 0.3 is 6.03 Å². The molecule has 1 unspecified atom stereocenters. The Morgan fingerprint density at radius 3 is 2.61 bits per heavy atom. The highest BCUT2D eigenvalue weighted by atomic mass is 35.5. The monoisotopic (exact) mass is 401 g/mol. The molecule has 6 nitrogen and oxygen atoms in total. The van der Waals surface area contributed by atoms with E-state index in [1.54, 1.807) is 0 Å². The predicted octanol–water partition coefficient (Wildman–Crippen LogP) is 3.97. The van der Waals surface area contributed by atoms with E-state index in [2.05, 4.69) is 17.1 Å². The fraction of sp³-hybridized carbons (Fsp3) is 0.381. The summed E-state index contributed by atoms with van der Waals surface area (Å²) in [7, 11) is 0. The van der Waals surface area contributed by atoms with Crippen molar-refractivity contribution >= 4 is 23.3 Å². The Balaban J connectivity index is 1.34. The number of fused-ring (bicyclic) bond motifs is 1. The van der Waals surface area contributed by atoms with Crippen LogP contribution in [0.4, 0.5) is 10.5 Å². The Kier molecular flexibility index (Phi) is 5.22. The van der Waals surface area contributed by atoms with E-state index in [4.69, 9.17) is 21.1 Å². The van der Waals surface area contributed by atoms with Gasteiger partial charge in [0.15, 0.2) is 11.5 Å². The van der Waals surface area contributed by atoms with E-state index in [1.807, 2.05) is 48.2 Å². The third kappa shape index (κ3) is 3.83. The van der Waals surface area contributed by atoms with Crippen molar-refractivity contribution in [3.63, 3.8) is 0 Å². The Labute approximate surface area is 170 Å². The van der Waals surface area contributed by atoms with Crippen molar-refractivity contribution in [2.24, 2.45) is 0 Å². The van der Waals surface area contributed by atoms with Gasteiger partial charge in [-0.3, -0.25) is 0 Å². The van der Waals surface area contributed by atoms with Crippen LogP contribution in [-0.4, -0.2) is 43.9 Å². The lowest BCUT2D eigenvalue weighted by Gasteiger charge is -2.37. The normalized spacial score (nSPS) is 16.8. The fourth-order valence-corrected chi connectivity index (χ4v) is 3.78. The summed E-state index contributed by atoms with van der Waals surface area (Å²) in [6.45, 7) is 7.21. The summed E-state index contributed by atoms with van der Waals surface area (Å²) in [5, 5.41) is 3.82. The highest BCUT2D eigenvalue weighted by molar-refractivity contribution is 6.30. The number of piperazine rings is 1. The minimum absolute atomic E-state index is 0.0485. The van der Waals surface area contributed by atoms with Gasteiger partial charge in [-0.25, -0.2) is 4.79 Å². The van der Waals surface area contributed by atoms with Gasteiger partial charge in [0.2, 0.25) is 6.79 Å². The summed E-state index contributed by atoms with van der Waals surface area (Å²) < 4.78 is 10.8. The van der Waals surface area contributed by atoms with E-state index in [0.717, 1.165) is 40.9 Å². The lowest BCUT2D eigenvalue weighted by molar-refractivity contribution is 0.174. The van der Waals surface area contributed by atoms with E-state index in [-0.39, 0.29) is 18.9 Å². The van der Waals surface area contributed by atoms with E-state index in [0.29, 0.717) is 13.1 Å². The van der Waals surface area contributed by atoms with Crippen molar-refractivity contribution in [2.75, 3.05) is 37.9 Å². The molecule has 2 aromatic carbocycles. The van der Waals surface area contributed by atoms with Crippen LogP contribution < -0.4 is 19.7 Å². The molecule has 2 aliphatic heterocycles. The molecule has 1 saturated heterocycles. The molecule has 0 bridgehead atoms. The number of rotatable bonds is 3. The maximum atomic E-state index is 12.7. The lowest BCUT2D eigenvalue weighted by Crippen LogP contribution is -2.52. The second-order valence-electron chi connectivity index (χ2n) is 7.19. The second-order valence-corrected chi connectivity index (χ2v) is 7.63. The topological polar surface area (TPSA) is 54.0 Å². The minimum Gasteiger partial charge on any atom is -0.454 e. The molecule has 2 aliphatic rings. The number of nitrogens with one attached hydrogen (secondary N) is 1. The molecule has 4 rings (SSSR count). The van der Waals surface area contributed by atoms with Gasteiger partial charge in [-0.05, 0) is 49.2 Å². The molecule has 1 atom stereocenters. The number of halogens is 1. The largest absolute Gasteiger partial charge is 0.454 e. The average molecular weight is 402 g/mol. The van der Waals surface area contributed by atoms with Crippen LogP contribution in [0.25, 0.3) is 0 Å². The Hall–Kier alpha value is -2.60. The number of ether oxygens (including phenoxy) is 2. The molecule has 1 fully saturated rings. The molecular weight excluding hydrogens is 378 g/mol. The molecule has 148 valence electrons. The number of aryl methyl sites for hydroxylation is 1. The molecule has 1 N–H and O–H groups in total. The van der Waals surface area contributed by atoms with Gasteiger partial charge in [0.05, 0.1) is 6.04 Å². The molecule has 2 amide bonds. The Morgan fingerprint density at radius 1 is 1.07 bits per heavy atom. The quantitative estimate of drug-likeness (QED) is 0.845. The zero-order valence-corrected chi connectivity index (χ0v) is 16.8. The number of hydrogen-bond acceptors (Lipinski definition) is 4. The molecule has 0 aliphatic carbocycles. The van der Waals surface area contributed by atoms with Crippen molar-refractivity contribution in [3.05, 3.63) is 52.5 Å². The van der Waals surface area contributed by atoms with Crippen LogP contribution in [0.2, 0.25) is 5.02 Å². The predicted molar refractivity (Wildman–Crippen MR) is 109 cm³/mol. The summed E-state index contributed by atoms with van der Waals surface area (Å²) in [5.74, 6) is 1.47. The summed E-state index contributed by atoms with van der Waals surface area (Å²) >= 11 is 6.15. The van der Waals surface area contributed by atoms with E-state index >= 15 is 0 Å². The molecule has 28 heavy (non-hydrogen) atoms. The first-order valence-corrected chi connectivity index (χ1v) is 9.85. The van der Waals surface area contributed by atoms with Gasteiger partial charge in [-0.1, -0.05) is 23.7 Å². The van der Waals surface area contributed by atoms with Gasteiger partial charge in [0.25, 0.3) is 0 Å². The molecule has 2 heterocycles. The molecule has 0 radical (unpaired) electrons.